The minimum Gasteiger partial charge on any atom is -0.478 e. The van der Waals surface area contributed by atoms with Crippen LogP contribution >= 0.6 is 43.6 Å². The van der Waals surface area contributed by atoms with Gasteiger partial charge >= 0.3 is 5.97 Å². The molecule has 0 spiro atoms. The van der Waals surface area contributed by atoms with Crippen molar-refractivity contribution in [3.63, 3.8) is 0 Å². The van der Waals surface area contributed by atoms with Crippen LogP contribution in [0.5, 0.6) is 0 Å². The average Bonchev–Trinajstić information content (AvgIpc) is 2.49. The molecule has 22 heavy (non-hydrogen) atoms. The second kappa shape index (κ2) is 7.89. The normalized spacial score (nSPS) is 10.5. The molecule has 1 heterocycles. The number of hydrogen-bond acceptors (Lipinski definition) is 4. The van der Waals surface area contributed by atoms with Crippen molar-refractivity contribution in [2.24, 2.45) is 0 Å². The first-order valence-electron chi connectivity index (χ1n) is 6.24. The van der Waals surface area contributed by atoms with Crippen LogP contribution in [-0.2, 0) is 11.2 Å². The van der Waals surface area contributed by atoms with Gasteiger partial charge in [0.05, 0.1) is 11.3 Å². The van der Waals surface area contributed by atoms with Gasteiger partial charge in [0.15, 0.2) is 0 Å². The fourth-order valence-electron chi connectivity index (χ4n) is 1.76. The van der Waals surface area contributed by atoms with E-state index in [1.165, 1.54) is 12.3 Å². The van der Waals surface area contributed by atoms with Gasteiger partial charge in [-0.25, -0.2) is 9.78 Å². The highest BCUT2D eigenvalue weighted by Crippen LogP contribution is 2.24. The first-order valence-corrected chi connectivity index (χ1v) is 8.81. The number of halogens is 2. The molecule has 0 aliphatic carbocycles. The number of carbonyl (C=O) groups is 2. The Kier molecular flexibility index (Phi) is 6.16. The van der Waals surface area contributed by atoms with Crippen molar-refractivity contribution in [3.05, 3.63) is 56.6 Å². The number of aromatic nitrogens is 1. The maximum atomic E-state index is 12.1. The highest BCUT2D eigenvalue weighted by Gasteiger charge is 2.14. The van der Waals surface area contributed by atoms with Crippen molar-refractivity contribution in [1.29, 1.82) is 0 Å². The summed E-state index contributed by atoms with van der Waals surface area (Å²) in [5.74, 6) is -0.862. The number of carbonyl (C=O) groups excluding carboxylic acids is 1. The van der Waals surface area contributed by atoms with Gasteiger partial charge in [-0.1, -0.05) is 43.6 Å². The molecule has 2 aromatic rings. The van der Waals surface area contributed by atoms with E-state index >= 15 is 0 Å². The van der Waals surface area contributed by atoms with Crippen LogP contribution < -0.4 is 0 Å². The largest absolute Gasteiger partial charge is 0.478 e. The lowest BCUT2D eigenvalue weighted by Crippen LogP contribution is -2.08. The molecule has 0 fully saturated rings. The third-order valence-corrected chi connectivity index (χ3v) is 5.10. The molecule has 114 valence electrons. The quantitative estimate of drug-likeness (QED) is 0.676. The average molecular weight is 445 g/mol. The highest BCUT2D eigenvalue weighted by molar-refractivity contribution is 9.11. The minimum absolute atomic E-state index is 0.00536. The van der Waals surface area contributed by atoms with Crippen LogP contribution in [0.3, 0.4) is 0 Å². The Balaban J connectivity index is 2.02. The number of thioether (sulfide) groups is 1. The summed E-state index contributed by atoms with van der Waals surface area (Å²) in [6.07, 6.45) is 1.80. The monoisotopic (exact) mass is 443 g/mol. The van der Waals surface area contributed by atoms with Crippen LogP contribution in [0.25, 0.3) is 0 Å². The molecule has 7 heteroatoms. The Morgan fingerprint density at radius 3 is 2.73 bits per heavy atom. The van der Waals surface area contributed by atoms with Crippen molar-refractivity contribution in [2.75, 3.05) is 5.75 Å². The third kappa shape index (κ3) is 4.66. The molecule has 2 rings (SSSR count). The lowest BCUT2D eigenvalue weighted by atomic mass is 10.1. The van der Waals surface area contributed by atoms with Gasteiger partial charge < -0.3 is 5.11 Å². The summed E-state index contributed by atoms with van der Waals surface area (Å²) in [6, 6.07) is 8.69. The first-order chi connectivity index (χ1) is 10.5. The second-order valence-electron chi connectivity index (χ2n) is 4.40. The van der Waals surface area contributed by atoms with E-state index < -0.39 is 5.97 Å². The predicted octanol–water partition coefficient (Wildman–Crippen LogP) is 4.21. The van der Waals surface area contributed by atoms with Crippen molar-refractivity contribution in [3.8, 4) is 0 Å². The van der Waals surface area contributed by atoms with Crippen LogP contribution in [0.15, 0.2) is 50.5 Å². The van der Waals surface area contributed by atoms with Gasteiger partial charge in [-0.05, 0) is 35.9 Å². The maximum absolute atomic E-state index is 12.1. The Hall–Kier alpha value is -1.18. The Morgan fingerprint density at radius 1 is 1.23 bits per heavy atom. The maximum Gasteiger partial charge on any atom is 0.338 e. The van der Waals surface area contributed by atoms with Crippen LogP contribution in [-0.4, -0.2) is 27.6 Å². The zero-order chi connectivity index (χ0) is 16.1. The zero-order valence-electron chi connectivity index (χ0n) is 11.3. The van der Waals surface area contributed by atoms with Gasteiger partial charge in [-0.3, -0.25) is 4.79 Å². The Morgan fingerprint density at radius 2 is 2.00 bits per heavy atom. The molecular weight excluding hydrogens is 434 g/mol. The number of aromatic carboxylic acids is 1. The molecule has 0 aliphatic rings. The van der Waals surface area contributed by atoms with Crippen LogP contribution in [0.4, 0.5) is 0 Å². The van der Waals surface area contributed by atoms with E-state index in [1.807, 2.05) is 18.2 Å². The summed E-state index contributed by atoms with van der Waals surface area (Å²) < 4.78 is 1.78. The van der Waals surface area contributed by atoms with Crippen molar-refractivity contribution in [2.45, 2.75) is 11.4 Å². The number of nitrogens with zero attached hydrogens (tertiary/aromatic N) is 1. The van der Waals surface area contributed by atoms with Gasteiger partial charge in [0, 0.05) is 21.6 Å². The topological polar surface area (TPSA) is 67.3 Å². The number of hydrogen-bond donors (Lipinski definition) is 1. The summed E-state index contributed by atoms with van der Waals surface area (Å²) in [4.78, 5) is 27.2. The van der Waals surface area contributed by atoms with Crippen molar-refractivity contribution < 1.29 is 14.7 Å². The molecule has 0 amide bonds. The van der Waals surface area contributed by atoms with Gasteiger partial charge in [-0.15, -0.1) is 0 Å². The second-order valence-corrected chi connectivity index (χ2v) is 7.14. The molecule has 1 aromatic carbocycles. The molecular formula is C15H11Br2NO3S. The highest BCUT2D eigenvalue weighted by atomic mass is 79.9. The SMILES string of the molecule is O=C(CSc1ncccc1C(=O)O)Cc1cc(Br)ccc1Br. The van der Waals surface area contributed by atoms with Crippen LogP contribution in [0.2, 0.25) is 0 Å². The molecule has 1 aromatic heterocycles. The standard InChI is InChI=1S/C15H11Br2NO3S/c16-10-3-4-13(17)9(6-10)7-11(19)8-22-14-12(15(20)21)2-1-5-18-14/h1-6H,7-8H2,(H,20,21). The van der Waals surface area contributed by atoms with Gasteiger partial charge in [0.2, 0.25) is 0 Å². The molecule has 0 saturated carbocycles. The molecule has 0 aliphatic heterocycles. The van der Waals surface area contributed by atoms with E-state index in [2.05, 4.69) is 36.8 Å². The van der Waals surface area contributed by atoms with E-state index in [0.717, 1.165) is 26.3 Å². The van der Waals surface area contributed by atoms with Crippen LogP contribution in [0, 0.1) is 0 Å². The van der Waals surface area contributed by atoms with Crippen molar-refractivity contribution >= 4 is 55.4 Å². The van der Waals surface area contributed by atoms with Crippen LogP contribution in [0.1, 0.15) is 15.9 Å². The summed E-state index contributed by atoms with van der Waals surface area (Å²) >= 11 is 7.93. The number of ketones is 1. The lowest BCUT2D eigenvalue weighted by Gasteiger charge is -2.06. The fourth-order valence-corrected chi connectivity index (χ4v) is 3.40. The number of rotatable bonds is 6. The lowest BCUT2D eigenvalue weighted by molar-refractivity contribution is -0.116. The van der Waals surface area contributed by atoms with Crippen molar-refractivity contribution in [1.82, 2.24) is 4.98 Å². The number of carboxylic acids is 1. The summed E-state index contributed by atoms with van der Waals surface area (Å²) in [6.45, 7) is 0. The van der Waals surface area contributed by atoms with Gasteiger partial charge in [0.1, 0.15) is 10.8 Å². The van der Waals surface area contributed by atoms with Gasteiger partial charge in [0.25, 0.3) is 0 Å². The summed E-state index contributed by atoms with van der Waals surface area (Å²) in [5.41, 5.74) is 1.00. The smallest absolute Gasteiger partial charge is 0.338 e. The van der Waals surface area contributed by atoms with E-state index in [1.54, 1.807) is 6.07 Å². The molecule has 0 saturated heterocycles. The number of carboxylic acid groups (broad SMARTS) is 1. The molecule has 0 radical (unpaired) electrons. The molecule has 0 bridgehead atoms. The Labute approximate surface area is 148 Å². The summed E-state index contributed by atoms with van der Waals surface area (Å²) in [5, 5.41) is 9.44. The predicted molar refractivity (Wildman–Crippen MR) is 92.5 cm³/mol. The zero-order valence-corrected chi connectivity index (χ0v) is 15.2. The first kappa shape index (κ1) is 17.2. The molecule has 0 atom stereocenters. The minimum atomic E-state index is -1.04. The molecule has 0 unspecified atom stereocenters. The molecule has 4 nitrogen and oxygen atoms in total. The number of benzene rings is 1. The summed E-state index contributed by atoms with van der Waals surface area (Å²) in [7, 11) is 0. The molecule has 1 N–H and O–H groups in total. The van der Waals surface area contributed by atoms with E-state index in [4.69, 9.17) is 5.11 Å². The van der Waals surface area contributed by atoms with E-state index in [9.17, 15) is 9.59 Å². The fraction of sp³-hybridized carbons (Fsp3) is 0.133. The van der Waals surface area contributed by atoms with E-state index in [0.29, 0.717) is 5.03 Å². The number of Topliss-reactive ketones (excluding diaryl/α,β-unsaturated/α-hetero) is 1. The van der Waals surface area contributed by atoms with E-state index in [-0.39, 0.29) is 23.5 Å². The van der Waals surface area contributed by atoms with Gasteiger partial charge in [-0.2, -0.15) is 0 Å². The Bertz CT molecular complexity index is 722. The number of pyridine rings is 1. The third-order valence-electron chi connectivity index (χ3n) is 2.77.